The zero-order valence-corrected chi connectivity index (χ0v) is 17.9. The van der Waals surface area contributed by atoms with Crippen molar-refractivity contribution in [2.45, 2.75) is 32.6 Å². The number of likely N-dealkylation sites (N-methyl/N-ethyl adjacent to an activating group) is 1. The highest BCUT2D eigenvalue weighted by Crippen LogP contribution is 2.43. The molecule has 7 nitrogen and oxygen atoms in total. The summed E-state index contributed by atoms with van der Waals surface area (Å²) in [5.41, 5.74) is 1.81. The number of carbonyl (C=O) groups is 2. The Morgan fingerprint density at radius 2 is 1.77 bits per heavy atom. The number of amides is 2. The van der Waals surface area contributed by atoms with Crippen LogP contribution < -0.4 is 9.80 Å². The van der Waals surface area contributed by atoms with Crippen LogP contribution in [0.25, 0.3) is 0 Å². The highest BCUT2D eigenvalue weighted by atomic mass is 16.6. The zero-order valence-electron chi connectivity index (χ0n) is 17.9. The molecule has 0 radical (unpaired) electrons. The fourth-order valence-electron chi connectivity index (χ4n) is 4.83. The number of nitro benzene ring substituents is 1. The molecule has 1 heterocycles. The SMILES string of the molecule is C[C@@H]1CC[C@H]2C(=O)N(c3ccc(N(C)CCc4ccccc4)c([N+](=O)[O-])c3)C(=O)[C@@H]2C1. The summed E-state index contributed by atoms with van der Waals surface area (Å²) in [6.07, 6.45) is 3.09. The molecule has 4 rings (SSSR count). The number of imide groups is 1. The van der Waals surface area contributed by atoms with Gasteiger partial charge in [-0.25, -0.2) is 4.90 Å². The van der Waals surface area contributed by atoms with Crippen LogP contribution in [-0.4, -0.2) is 30.3 Å². The van der Waals surface area contributed by atoms with Crippen LogP contribution in [0, 0.1) is 27.9 Å². The standard InChI is InChI=1S/C24H27N3O4/c1-16-8-10-19-20(14-16)24(29)26(23(19)28)18-9-11-21(22(15-18)27(30)31)25(2)13-12-17-6-4-3-5-7-17/h3-7,9,11,15-16,19-20H,8,10,12-14H2,1-2H3/t16-,19-,20-/m1/s1. The van der Waals surface area contributed by atoms with Gasteiger partial charge >= 0.3 is 0 Å². The van der Waals surface area contributed by atoms with Crippen molar-refractivity contribution in [1.82, 2.24) is 0 Å². The molecule has 2 fully saturated rings. The molecule has 1 saturated heterocycles. The maximum atomic E-state index is 13.0. The van der Waals surface area contributed by atoms with Gasteiger partial charge in [0.1, 0.15) is 5.69 Å². The molecule has 0 unspecified atom stereocenters. The average Bonchev–Trinajstić information content (AvgIpc) is 3.01. The lowest BCUT2D eigenvalue weighted by Gasteiger charge is -2.25. The Morgan fingerprint density at radius 1 is 1.06 bits per heavy atom. The molecule has 7 heteroatoms. The van der Waals surface area contributed by atoms with Crippen molar-refractivity contribution in [2.24, 2.45) is 17.8 Å². The van der Waals surface area contributed by atoms with E-state index >= 15 is 0 Å². The third kappa shape index (κ3) is 4.04. The van der Waals surface area contributed by atoms with Gasteiger partial charge in [-0.15, -0.1) is 0 Å². The molecule has 31 heavy (non-hydrogen) atoms. The van der Waals surface area contributed by atoms with E-state index in [1.54, 1.807) is 12.1 Å². The summed E-state index contributed by atoms with van der Waals surface area (Å²) in [5, 5.41) is 11.8. The van der Waals surface area contributed by atoms with Gasteiger partial charge in [0.2, 0.25) is 11.8 Å². The first-order valence-electron chi connectivity index (χ1n) is 10.8. The average molecular weight is 421 g/mol. The summed E-state index contributed by atoms with van der Waals surface area (Å²) < 4.78 is 0. The fourth-order valence-corrected chi connectivity index (χ4v) is 4.83. The number of benzene rings is 2. The Bertz CT molecular complexity index is 1010. The number of hydrogen-bond donors (Lipinski definition) is 0. The quantitative estimate of drug-likeness (QED) is 0.397. The monoisotopic (exact) mass is 421 g/mol. The third-order valence-corrected chi connectivity index (χ3v) is 6.59. The Labute approximate surface area is 181 Å². The fraction of sp³-hybridized carbons (Fsp3) is 0.417. The van der Waals surface area contributed by atoms with Gasteiger partial charge < -0.3 is 4.90 Å². The zero-order chi connectivity index (χ0) is 22.1. The molecule has 3 atom stereocenters. The summed E-state index contributed by atoms with van der Waals surface area (Å²) >= 11 is 0. The Kier molecular flexibility index (Phi) is 5.76. The minimum atomic E-state index is -0.446. The van der Waals surface area contributed by atoms with Crippen molar-refractivity contribution in [3.05, 3.63) is 64.2 Å². The first-order valence-corrected chi connectivity index (χ1v) is 10.8. The molecule has 1 aliphatic heterocycles. The number of hydrogen-bond acceptors (Lipinski definition) is 5. The normalized spacial score (nSPS) is 23.0. The van der Waals surface area contributed by atoms with E-state index in [9.17, 15) is 19.7 Å². The summed E-state index contributed by atoms with van der Waals surface area (Å²) in [6.45, 7) is 2.70. The summed E-state index contributed by atoms with van der Waals surface area (Å²) in [5.74, 6) is -0.630. The maximum absolute atomic E-state index is 13.0. The van der Waals surface area contributed by atoms with Crippen LogP contribution in [0.2, 0.25) is 0 Å². The van der Waals surface area contributed by atoms with E-state index in [4.69, 9.17) is 0 Å². The van der Waals surface area contributed by atoms with Crippen molar-refractivity contribution in [1.29, 1.82) is 0 Å². The molecule has 2 aromatic rings. The van der Waals surface area contributed by atoms with Gasteiger partial charge in [0, 0.05) is 19.7 Å². The first kappa shape index (κ1) is 21.0. The second kappa shape index (κ2) is 8.49. The lowest BCUT2D eigenvalue weighted by Crippen LogP contribution is -2.31. The minimum Gasteiger partial charge on any atom is -0.369 e. The summed E-state index contributed by atoms with van der Waals surface area (Å²) in [4.78, 5) is 40.3. The molecular formula is C24H27N3O4. The molecule has 162 valence electrons. The third-order valence-electron chi connectivity index (χ3n) is 6.59. The van der Waals surface area contributed by atoms with Gasteiger partial charge in [-0.1, -0.05) is 37.3 Å². The molecule has 2 aliphatic rings. The van der Waals surface area contributed by atoms with Crippen LogP contribution in [0.15, 0.2) is 48.5 Å². The minimum absolute atomic E-state index is 0.100. The lowest BCUT2D eigenvalue weighted by atomic mass is 9.76. The predicted molar refractivity (Wildman–Crippen MR) is 119 cm³/mol. The van der Waals surface area contributed by atoms with Gasteiger partial charge in [0.25, 0.3) is 5.69 Å². The van der Waals surface area contributed by atoms with Crippen molar-refractivity contribution in [2.75, 3.05) is 23.4 Å². The molecule has 1 aliphatic carbocycles. The van der Waals surface area contributed by atoms with Crippen LogP contribution >= 0.6 is 0 Å². The second-order valence-corrected chi connectivity index (χ2v) is 8.73. The Balaban J connectivity index is 1.58. The molecule has 0 N–H and O–H groups in total. The van der Waals surface area contributed by atoms with Gasteiger partial charge in [0.05, 0.1) is 22.4 Å². The molecule has 0 aromatic heterocycles. The van der Waals surface area contributed by atoms with E-state index in [-0.39, 0.29) is 29.3 Å². The molecule has 0 bridgehead atoms. The maximum Gasteiger partial charge on any atom is 0.294 e. The van der Waals surface area contributed by atoms with Crippen molar-refractivity contribution >= 4 is 28.9 Å². The smallest absolute Gasteiger partial charge is 0.294 e. The molecule has 0 spiro atoms. The Hall–Kier alpha value is -3.22. The topological polar surface area (TPSA) is 83.8 Å². The van der Waals surface area contributed by atoms with Gasteiger partial charge in [0.15, 0.2) is 0 Å². The van der Waals surface area contributed by atoms with E-state index in [2.05, 4.69) is 6.92 Å². The number of carbonyl (C=O) groups excluding carboxylic acids is 2. The van der Waals surface area contributed by atoms with E-state index < -0.39 is 4.92 Å². The van der Waals surface area contributed by atoms with Crippen LogP contribution in [0.3, 0.4) is 0 Å². The number of fused-ring (bicyclic) bond motifs is 1. The largest absolute Gasteiger partial charge is 0.369 e. The predicted octanol–water partition coefficient (Wildman–Crippen LogP) is 4.20. The highest BCUT2D eigenvalue weighted by molar-refractivity contribution is 6.22. The summed E-state index contributed by atoms with van der Waals surface area (Å²) in [7, 11) is 1.81. The van der Waals surface area contributed by atoms with Gasteiger partial charge in [-0.2, -0.15) is 0 Å². The van der Waals surface area contributed by atoms with Crippen LogP contribution in [0.1, 0.15) is 31.7 Å². The van der Waals surface area contributed by atoms with Crippen LogP contribution in [0.5, 0.6) is 0 Å². The summed E-state index contributed by atoms with van der Waals surface area (Å²) in [6, 6.07) is 14.6. The van der Waals surface area contributed by atoms with Crippen LogP contribution in [0.4, 0.5) is 17.1 Å². The Morgan fingerprint density at radius 3 is 2.48 bits per heavy atom. The number of nitrogens with zero attached hydrogens (tertiary/aromatic N) is 3. The highest BCUT2D eigenvalue weighted by Gasteiger charge is 2.50. The van der Waals surface area contributed by atoms with Crippen LogP contribution in [-0.2, 0) is 16.0 Å². The number of anilines is 2. The van der Waals surface area contributed by atoms with Gasteiger partial charge in [-0.05, 0) is 49.3 Å². The number of nitro groups is 1. The second-order valence-electron chi connectivity index (χ2n) is 8.73. The van der Waals surface area contributed by atoms with Crippen molar-refractivity contribution < 1.29 is 14.5 Å². The number of rotatable bonds is 6. The van der Waals surface area contributed by atoms with Gasteiger partial charge in [-0.3, -0.25) is 19.7 Å². The first-order chi connectivity index (χ1) is 14.9. The van der Waals surface area contributed by atoms with E-state index in [0.717, 1.165) is 18.4 Å². The van der Waals surface area contributed by atoms with E-state index in [0.29, 0.717) is 36.7 Å². The molecule has 1 saturated carbocycles. The van der Waals surface area contributed by atoms with Crippen molar-refractivity contribution in [3.63, 3.8) is 0 Å². The molecule has 2 amide bonds. The van der Waals surface area contributed by atoms with E-state index in [1.165, 1.54) is 11.0 Å². The van der Waals surface area contributed by atoms with E-state index in [1.807, 2.05) is 42.3 Å². The van der Waals surface area contributed by atoms with Crippen molar-refractivity contribution in [3.8, 4) is 0 Å². The molecular weight excluding hydrogens is 394 g/mol. The lowest BCUT2D eigenvalue weighted by molar-refractivity contribution is -0.384. The molecule has 2 aromatic carbocycles.